The predicted octanol–water partition coefficient (Wildman–Crippen LogP) is 0.853. The van der Waals surface area contributed by atoms with Crippen molar-refractivity contribution in [2.45, 2.75) is 6.04 Å². The van der Waals surface area contributed by atoms with Crippen LogP contribution in [-0.2, 0) is 4.79 Å². The summed E-state index contributed by atoms with van der Waals surface area (Å²) in [5.41, 5.74) is 0. The average molecular weight is 282 g/mol. The van der Waals surface area contributed by atoms with Crippen molar-refractivity contribution in [2.24, 2.45) is 0 Å². The number of rotatable bonds is 6. The minimum Gasteiger partial charge on any atom is -0.497 e. The largest absolute Gasteiger partial charge is 0.497 e. The second kappa shape index (κ2) is 7.25. The van der Waals surface area contributed by atoms with Gasteiger partial charge in [0.15, 0.2) is 0 Å². The van der Waals surface area contributed by atoms with E-state index in [4.69, 9.17) is 9.47 Å². The fourth-order valence-corrected chi connectivity index (χ4v) is 2.64. The first-order chi connectivity index (χ1) is 9.29. The summed E-state index contributed by atoms with van der Waals surface area (Å²) in [6.45, 7) is 0.964. The number of nitrogens with one attached hydrogen (secondary N) is 2. The zero-order valence-corrected chi connectivity index (χ0v) is 11.7. The fourth-order valence-electron chi connectivity index (χ4n) is 1.70. The van der Waals surface area contributed by atoms with E-state index in [2.05, 4.69) is 10.6 Å². The molecule has 0 saturated carbocycles. The van der Waals surface area contributed by atoms with Crippen LogP contribution in [0.2, 0.25) is 0 Å². The average Bonchev–Trinajstić information content (AvgIpc) is 2.98. The van der Waals surface area contributed by atoms with E-state index in [0.29, 0.717) is 13.2 Å². The maximum Gasteiger partial charge on any atom is 0.238 e. The molecule has 1 saturated heterocycles. The van der Waals surface area contributed by atoms with Crippen LogP contribution in [0.15, 0.2) is 24.3 Å². The van der Waals surface area contributed by atoms with Crippen molar-refractivity contribution in [3.8, 4) is 11.5 Å². The van der Waals surface area contributed by atoms with Crippen molar-refractivity contribution in [2.75, 3.05) is 31.9 Å². The summed E-state index contributed by atoms with van der Waals surface area (Å²) in [6.07, 6.45) is 0. The lowest BCUT2D eigenvalue weighted by Gasteiger charge is -2.11. The van der Waals surface area contributed by atoms with E-state index in [1.165, 1.54) is 0 Å². The van der Waals surface area contributed by atoms with Crippen molar-refractivity contribution in [1.82, 2.24) is 10.6 Å². The molecule has 1 aliphatic rings. The Morgan fingerprint density at radius 2 is 2.16 bits per heavy atom. The first-order valence-corrected chi connectivity index (χ1v) is 7.31. The zero-order chi connectivity index (χ0) is 13.5. The number of thioether (sulfide) groups is 1. The number of hydrogen-bond donors (Lipinski definition) is 2. The maximum absolute atomic E-state index is 11.7. The van der Waals surface area contributed by atoms with Gasteiger partial charge in [-0.1, -0.05) is 0 Å². The highest BCUT2D eigenvalue weighted by Crippen LogP contribution is 2.16. The Labute approximate surface area is 117 Å². The van der Waals surface area contributed by atoms with E-state index < -0.39 is 0 Å². The highest BCUT2D eigenvalue weighted by atomic mass is 32.2. The van der Waals surface area contributed by atoms with Crippen LogP contribution in [0.4, 0.5) is 0 Å². The first-order valence-electron chi connectivity index (χ1n) is 6.15. The maximum atomic E-state index is 11.7. The summed E-state index contributed by atoms with van der Waals surface area (Å²) in [7, 11) is 1.63. The topological polar surface area (TPSA) is 59.6 Å². The van der Waals surface area contributed by atoms with E-state index in [-0.39, 0.29) is 11.9 Å². The monoisotopic (exact) mass is 282 g/mol. The Balaban J connectivity index is 1.64. The van der Waals surface area contributed by atoms with Gasteiger partial charge < -0.3 is 14.8 Å². The molecule has 1 fully saturated rings. The van der Waals surface area contributed by atoms with Gasteiger partial charge in [-0.25, -0.2) is 0 Å². The van der Waals surface area contributed by atoms with Gasteiger partial charge in [0, 0.05) is 11.6 Å². The van der Waals surface area contributed by atoms with Crippen LogP contribution < -0.4 is 20.1 Å². The summed E-state index contributed by atoms with van der Waals surface area (Å²) in [4.78, 5) is 11.7. The van der Waals surface area contributed by atoms with E-state index >= 15 is 0 Å². The molecule has 5 nitrogen and oxygen atoms in total. The molecule has 1 aromatic carbocycles. The predicted molar refractivity (Wildman–Crippen MR) is 75.7 cm³/mol. The van der Waals surface area contributed by atoms with Crippen molar-refractivity contribution >= 4 is 17.7 Å². The summed E-state index contributed by atoms with van der Waals surface area (Å²) in [5.74, 6) is 3.30. The molecule has 2 rings (SSSR count). The summed E-state index contributed by atoms with van der Waals surface area (Å²) in [6, 6.07) is 7.30. The molecule has 19 heavy (non-hydrogen) atoms. The van der Waals surface area contributed by atoms with E-state index in [9.17, 15) is 4.79 Å². The Morgan fingerprint density at radius 1 is 1.42 bits per heavy atom. The summed E-state index contributed by atoms with van der Waals surface area (Å²) < 4.78 is 10.6. The van der Waals surface area contributed by atoms with Gasteiger partial charge in [0.05, 0.1) is 19.7 Å². The van der Waals surface area contributed by atoms with Crippen LogP contribution >= 0.6 is 11.8 Å². The molecule has 0 bridgehead atoms. The van der Waals surface area contributed by atoms with E-state index in [1.807, 2.05) is 24.3 Å². The molecule has 0 aliphatic carbocycles. The number of benzene rings is 1. The van der Waals surface area contributed by atoms with Crippen LogP contribution in [0.1, 0.15) is 0 Å². The summed E-state index contributed by atoms with van der Waals surface area (Å²) in [5, 5.41) is 5.98. The second-order valence-electron chi connectivity index (χ2n) is 4.09. The molecule has 0 radical (unpaired) electrons. The van der Waals surface area contributed by atoms with Gasteiger partial charge in [-0.3, -0.25) is 10.1 Å². The molecule has 1 unspecified atom stereocenters. The number of hydrogen-bond acceptors (Lipinski definition) is 5. The lowest BCUT2D eigenvalue weighted by atomic mass is 10.3. The highest BCUT2D eigenvalue weighted by Gasteiger charge is 2.21. The van der Waals surface area contributed by atoms with Gasteiger partial charge in [0.25, 0.3) is 0 Å². The molecule has 2 N–H and O–H groups in total. The molecule has 104 valence electrons. The molecule has 6 heteroatoms. The molecular weight excluding hydrogens is 264 g/mol. The lowest BCUT2D eigenvalue weighted by Crippen LogP contribution is -2.43. The molecule has 1 amide bonds. The number of ether oxygens (including phenoxy) is 2. The smallest absolute Gasteiger partial charge is 0.238 e. The summed E-state index contributed by atoms with van der Waals surface area (Å²) >= 11 is 1.73. The van der Waals surface area contributed by atoms with E-state index in [0.717, 1.165) is 23.1 Å². The molecular formula is C13H18N2O3S. The van der Waals surface area contributed by atoms with Gasteiger partial charge in [0.1, 0.15) is 18.1 Å². The minimum atomic E-state index is -0.0639. The Hall–Kier alpha value is -1.40. The van der Waals surface area contributed by atoms with Crippen LogP contribution in [0.5, 0.6) is 11.5 Å². The molecule has 1 aliphatic heterocycles. The SMILES string of the molecule is COc1ccc(OCCNC(=O)C2CSCN2)cc1. The van der Waals surface area contributed by atoms with Gasteiger partial charge in [-0.2, -0.15) is 0 Å². The van der Waals surface area contributed by atoms with Crippen LogP contribution in [0.3, 0.4) is 0 Å². The Morgan fingerprint density at radius 3 is 2.79 bits per heavy atom. The molecule has 1 aromatic rings. The molecule has 1 atom stereocenters. The van der Waals surface area contributed by atoms with Gasteiger partial charge >= 0.3 is 0 Å². The number of carbonyl (C=O) groups is 1. The van der Waals surface area contributed by atoms with Crippen molar-refractivity contribution in [1.29, 1.82) is 0 Å². The lowest BCUT2D eigenvalue weighted by molar-refractivity contribution is -0.122. The second-order valence-corrected chi connectivity index (χ2v) is 5.12. The van der Waals surface area contributed by atoms with Crippen molar-refractivity contribution in [3.63, 3.8) is 0 Å². The Bertz CT molecular complexity index is 405. The van der Waals surface area contributed by atoms with Crippen LogP contribution in [-0.4, -0.2) is 43.8 Å². The minimum absolute atomic E-state index is 0.0448. The zero-order valence-electron chi connectivity index (χ0n) is 10.8. The fraction of sp³-hybridized carbons (Fsp3) is 0.462. The quantitative estimate of drug-likeness (QED) is 0.758. The van der Waals surface area contributed by atoms with E-state index in [1.54, 1.807) is 18.9 Å². The molecule has 0 aromatic heterocycles. The van der Waals surface area contributed by atoms with Gasteiger partial charge in [-0.05, 0) is 24.3 Å². The normalized spacial score (nSPS) is 18.1. The number of methoxy groups -OCH3 is 1. The van der Waals surface area contributed by atoms with Gasteiger partial charge in [0.2, 0.25) is 5.91 Å². The number of amides is 1. The highest BCUT2D eigenvalue weighted by molar-refractivity contribution is 7.99. The van der Waals surface area contributed by atoms with Crippen LogP contribution in [0, 0.1) is 0 Å². The van der Waals surface area contributed by atoms with Crippen LogP contribution in [0.25, 0.3) is 0 Å². The number of carbonyl (C=O) groups excluding carboxylic acids is 1. The molecule has 0 spiro atoms. The third kappa shape index (κ3) is 4.33. The standard InChI is InChI=1S/C13H18N2O3S/c1-17-10-2-4-11(5-3-10)18-7-6-14-13(16)12-8-19-9-15-12/h2-5,12,15H,6-9H2,1H3,(H,14,16). The van der Waals surface area contributed by atoms with Gasteiger partial charge in [-0.15, -0.1) is 11.8 Å². The molecule has 1 heterocycles. The third-order valence-electron chi connectivity index (χ3n) is 2.76. The third-order valence-corrected chi connectivity index (χ3v) is 3.70. The van der Waals surface area contributed by atoms with Crippen molar-refractivity contribution in [3.05, 3.63) is 24.3 Å². The van der Waals surface area contributed by atoms with Crippen molar-refractivity contribution < 1.29 is 14.3 Å². The first kappa shape index (κ1) is 14.0. The Kier molecular flexibility index (Phi) is 5.35.